The largest absolute Gasteiger partial charge is 0.360 e. The summed E-state index contributed by atoms with van der Waals surface area (Å²) in [5, 5.41) is 3.87. The predicted molar refractivity (Wildman–Crippen MR) is 66.7 cm³/mol. The van der Waals surface area contributed by atoms with E-state index in [-0.39, 0.29) is 5.91 Å². The highest BCUT2D eigenvalue weighted by atomic mass is 16.5. The summed E-state index contributed by atoms with van der Waals surface area (Å²) in [4.78, 5) is 15.8. The van der Waals surface area contributed by atoms with Crippen LogP contribution in [0, 0.1) is 6.92 Å². The molecule has 1 aliphatic heterocycles. The molecule has 0 spiro atoms. The molecule has 18 heavy (non-hydrogen) atoms. The van der Waals surface area contributed by atoms with Crippen LogP contribution in [0.3, 0.4) is 0 Å². The first-order valence-electron chi connectivity index (χ1n) is 6.25. The van der Waals surface area contributed by atoms with Crippen molar-refractivity contribution in [2.75, 3.05) is 26.2 Å². The van der Waals surface area contributed by atoms with Gasteiger partial charge in [0.2, 0.25) is 5.91 Å². The zero-order chi connectivity index (χ0) is 13.1. The third kappa shape index (κ3) is 3.08. The molecule has 0 unspecified atom stereocenters. The van der Waals surface area contributed by atoms with E-state index in [2.05, 4.69) is 10.1 Å². The smallest absolute Gasteiger partial charge is 0.239 e. The third-order valence-corrected chi connectivity index (χ3v) is 3.13. The Hall–Kier alpha value is -1.40. The van der Waals surface area contributed by atoms with Crippen LogP contribution in [0.2, 0.25) is 0 Å². The number of carbonyl (C=O) groups is 1. The Labute approximate surface area is 107 Å². The molecule has 0 aromatic carbocycles. The lowest BCUT2D eigenvalue weighted by atomic mass is 10.2. The molecular weight excluding hydrogens is 232 g/mol. The third-order valence-electron chi connectivity index (χ3n) is 3.13. The number of rotatable bonds is 3. The van der Waals surface area contributed by atoms with Crippen molar-refractivity contribution in [1.29, 1.82) is 0 Å². The molecular formula is C12H20N4O2. The maximum atomic E-state index is 11.7. The number of hydrogen-bond donors (Lipinski definition) is 1. The number of nitrogens with zero attached hydrogens (tertiary/aromatic N) is 3. The quantitative estimate of drug-likeness (QED) is 0.818. The second kappa shape index (κ2) is 5.49. The van der Waals surface area contributed by atoms with Gasteiger partial charge in [-0.2, -0.15) is 0 Å². The van der Waals surface area contributed by atoms with Crippen LogP contribution in [0.5, 0.6) is 0 Å². The van der Waals surface area contributed by atoms with Gasteiger partial charge in [0.25, 0.3) is 0 Å². The van der Waals surface area contributed by atoms with Crippen LogP contribution in [0.15, 0.2) is 10.6 Å². The first-order valence-corrected chi connectivity index (χ1v) is 6.25. The van der Waals surface area contributed by atoms with Gasteiger partial charge < -0.3 is 15.2 Å². The van der Waals surface area contributed by atoms with E-state index in [0.717, 1.165) is 44.2 Å². The molecule has 6 nitrogen and oxygen atoms in total. The minimum atomic E-state index is -0.409. The van der Waals surface area contributed by atoms with Crippen LogP contribution in [-0.4, -0.2) is 53.1 Å². The zero-order valence-corrected chi connectivity index (χ0v) is 10.9. The fraction of sp³-hybridized carbons (Fsp3) is 0.667. The van der Waals surface area contributed by atoms with Gasteiger partial charge in [0.1, 0.15) is 0 Å². The summed E-state index contributed by atoms with van der Waals surface area (Å²) < 4.78 is 5.19. The lowest BCUT2D eigenvalue weighted by Gasteiger charge is -2.34. The summed E-state index contributed by atoms with van der Waals surface area (Å²) >= 11 is 0. The van der Waals surface area contributed by atoms with Gasteiger partial charge in [0.05, 0.1) is 18.3 Å². The molecule has 1 saturated heterocycles. The summed E-state index contributed by atoms with van der Waals surface area (Å²) in [6, 6.07) is 1.54. The van der Waals surface area contributed by atoms with Crippen molar-refractivity contribution < 1.29 is 9.32 Å². The minimum Gasteiger partial charge on any atom is -0.360 e. The van der Waals surface area contributed by atoms with Gasteiger partial charge in [-0.15, -0.1) is 0 Å². The predicted octanol–water partition coefficient (Wildman–Crippen LogP) is -0.0256. The molecule has 0 saturated carbocycles. The number of amides is 1. The Morgan fingerprint density at radius 2 is 2.17 bits per heavy atom. The van der Waals surface area contributed by atoms with Crippen LogP contribution < -0.4 is 5.73 Å². The van der Waals surface area contributed by atoms with Crippen molar-refractivity contribution in [3.05, 3.63) is 17.5 Å². The van der Waals surface area contributed by atoms with E-state index in [1.165, 1.54) is 0 Å². The number of hydrogen-bond acceptors (Lipinski definition) is 5. The molecule has 100 valence electrons. The van der Waals surface area contributed by atoms with Gasteiger partial charge in [-0.05, 0) is 13.8 Å². The second-order valence-electron chi connectivity index (χ2n) is 4.82. The molecule has 1 atom stereocenters. The summed E-state index contributed by atoms with van der Waals surface area (Å²) in [5.74, 6) is 0.907. The summed E-state index contributed by atoms with van der Waals surface area (Å²) in [6.45, 7) is 7.54. The van der Waals surface area contributed by atoms with Gasteiger partial charge in [-0.25, -0.2) is 0 Å². The molecule has 1 fully saturated rings. The van der Waals surface area contributed by atoms with Gasteiger partial charge in [0, 0.05) is 32.2 Å². The highest BCUT2D eigenvalue weighted by Gasteiger charge is 2.23. The monoisotopic (exact) mass is 252 g/mol. The lowest BCUT2D eigenvalue weighted by molar-refractivity contribution is -0.134. The van der Waals surface area contributed by atoms with Crippen molar-refractivity contribution in [2.24, 2.45) is 5.73 Å². The molecule has 6 heteroatoms. The van der Waals surface area contributed by atoms with Crippen LogP contribution in [0.1, 0.15) is 18.4 Å². The Morgan fingerprint density at radius 1 is 1.50 bits per heavy atom. The Balaban J connectivity index is 1.82. The standard InChI is InChI=1S/C12H20N4O2/c1-9-7-11(18-14-9)8-15-3-5-16(6-4-15)12(17)10(2)13/h7,10H,3-6,8,13H2,1-2H3/t10-/m0/s1. The topological polar surface area (TPSA) is 75.6 Å². The van der Waals surface area contributed by atoms with Crippen LogP contribution in [0.4, 0.5) is 0 Å². The van der Waals surface area contributed by atoms with Gasteiger partial charge in [-0.3, -0.25) is 9.69 Å². The average molecular weight is 252 g/mol. The van der Waals surface area contributed by atoms with E-state index in [9.17, 15) is 4.79 Å². The molecule has 1 aromatic rings. The molecule has 0 aliphatic carbocycles. The van der Waals surface area contributed by atoms with E-state index in [0.29, 0.717) is 0 Å². The molecule has 0 radical (unpaired) electrons. The average Bonchev–Trinajstić information content (AvgIpc) is 2.75. The van der Waals surface area contributed by atoms with Crippen LogP contribution >= 0.6 is 0 Å². The molecule has 2 heterocycles. The van der Waals surface area contributed by atoms with E-state index in [1.807, 2.05) is 17.9 Å². The maximum Gasteiger partial charge on any atom is 0.239 e. The minimum absolute atomic E-state index is 0.0326. The van der Waals surface area contributed by atoms with E-state index in [1.54, 1.807) is 6.92 Å². The van der Waals surface area contributed by atoms with Gasteiger partial charge >= 0.3 is 0 Å². The highest BCUT2D eigenvalue weighted by Crippen LogP contribution is 2.10. The van der Waals surface area contributed by atoms with Crippen LogP contribution in [-0.2, 0) is 11.3 Å². The SMILES string of the molecule is Cc1cc(CN2CCN(C(=O)[C@H](C)N)CC2)on1. The lowest BCUT2D eigenvalue weighted by Crippen LogP contribution is -2.52. The van der Waals surface area contributed by atoms with E-state index >= 15 is 0 Å². The fourth-order valence-corrected chi connectivity index (χ4v) is 2.13. The van der Waals surface area contributed by atoms with Crippen LogP contribution in [0.25, 0.3) is 0 Å². The summed E-state index contributed by atoms with van der Waals surface area (Å²) in [5.41, 5.74) is 6.50. The van der Waals surface area contributed by atoms with Crippen molar-refractivity contribution in [3.8, 4) is 0 Å². The second-order valence-corrected chi connectivity index (χ2v) is 4.82. The number of aromatic nitrogens is 1. The van der Waals surface area contributed by atoms with E-state index < -0.39 is 6.04 Å². The molecule has 0 bridgehead atoms. The van der Waals surface area contributed by atoms with Gasteiger partial charge in [0.15, 0.2) is 5.76 Å². The van der Waals surface area contributed by atoms with Crippen molar-refractivity contribution in [1.82, 2.24) is 15.0 Å². The first kappa shape index (κ1) is 13.0. The fourth-order valence-electron chi connectivity index (χ4n) is 2.13. The number of carbonyl (C=O) groups excluding carboxylic acids is 1. The molecule has 2 N–H and O–H groups in total. The number of nitrogens with two attached hydrogens (primary N) is 1. The molecule has 1 aromatic heterocycles. The van der Waals surface area contributed by atoms with Crippen molar-refractivity contribution >= 4 is 5.91 Å². The first-order chi connectivity index (χ1) is 8.56. The maximum absolute atomic E-state index is 11.7. The van der Waals surface area contributed by atoms with Crippen molar-refractivity contribution in [2.45, 2.75) is 26.4 Å². The molecule has 1 amide bonds. The van der Waals surface area contributed by atoms with Crippen molar-refractivity contribution in [3.63, 3.8) is 0 Å². The van der Waals surface area contributed by atoms with E-state index in [4.69, 9.17) is 10.3 Å². The Morgan fingerprint density at radius 3 is 2.67 bits per heavy atom. The normalized spacial score (nSPS) is 18.9. The summed E-state index contributed by atoms with van der Waals surface area (Å²) in [7, 11) is 0. The number of aryl methyl sites for hydroxylation is 1. The molecule has 2 rings (SSSR count). The highest BCUT2D eigenvalue weighted by molar-refractivity contribution is 5.81. The molecule has 1 aliphatic rings. The summed E-state index contributed by atoms with van der Waals surface area (Å²) in [6.07, 6.45) is 0. The Bertz CT molecular complexity index is 408. The van der Waals surface area contributed by atoms with Gasteiger partial charge in [-0.1, -0.05) is 5.16 Å². The number of piperazine rings is 1. The Kier molecular flexibility index (Phi) is 3.98. The zero-order valence-electron chi connectivity index (χ0n) is 10.9.